The molecule has 0 bridgehead atoms. The molecule has 0 spiro atoms. The van der Waals surface area contributed by atoms with Gasteiger partial charge in [0.25, 0.3) is 0 Å². The van der Waals surface area contributed by atoms with E-state index in [0.717, 1.165) is 25.4 Å². The van der Waals surface area contributed by atoms with Gasteiger partial charge in [0, 0.05) is 6.54 Å². The molecule has 0 amide bonds. The summed E-state index contributed by atoms with van der Waals surface area (Å²) in [4.78, 5) is 0. The van der Waals surface area contributed by atoms with Crippen molar-refractivity contribution in [1.82, 2.24) is 5.32 Å². The highest BCUT2D eigenvalue weighted by Gasteiger charge is 1.98. The molecule has 0 fully saturated rings. The highest BCUT2D eigenvalue weighted by Crippen LogP contribution is 2.18. The zero-order chi connectivity index (χ0) is 11.1. The molecule has 0 aliphatic heterocycles. The Labute approximate surface area is 92.6 Å². The van der Waals surface area contributed by atoms with Crippen LogP contribution in [0.25, 0.3) is 0 Å². The fraction of sp³-hybridized carbons (Fsp3) is 0.538. The minimum absolute atomic E-state index is 0.740. The quantitative estimate of drug-likeness (QED) is 0.724. The molecular weight excluding hydrogens is 186 g/mol. The van der Waals surface area contributed by atoms with Crippen LogP contribution in [0.1, 0.15) is 24.5 Å². The van der Waals surface area contributed by atoms with Crippen LogP contribution in [0.4, 0.5) is 0 Å². The second-order valence-electron chi connectivity index (χ2n) is 3.87. The summed E-state index contributed by atoms with van der Waals surface area (Å²) >= 11 is 0. The van der Waals surface area contributed by atoms with E-state index in [9.17, 15) is 0 Å². The Morgan fingerprint density at radius 3 is 2.73 bits per heavy atom. The molecule has 0 saturated heterocycles. The van der Waals surface area contributed by atoms with Crippen LogP contribution < -0.4 is 10.1 Å². The number of hydrogen-bond acceptors (Lipinski definition) is 2. The van der Waals surface area contributed by atoms with Gasteiger partial charge < -0.3 is 10.1 Å². The fourth-order valence-corrected chi connectivity index (χ4v) is 1.40. The van der Waals surface area contributed by atoms with E-state index in [1.165, 1.54) is 17.5 Å². The van der Waals surface area contributed by atoms with E-state index in [1.807, 2.05) is 0 Å². The lowest BCUT2D eigenvalue weighted by Crippen LogP contribution is -2.21. The Balaban J connectivity index is 2.33. The van der Waals surface area contributed by atoms with Crippen LogP contribution in [-0.4, -0.2) is 19.7 Å². The van der Waals surface area contributed by atoms with Gasteiger partial charge in [-0.05, 0) is 44.0 Å². The van der Waals surface area contributed by atoms with Crippen LogP contribution in [0.5, 0.6) is 5.75 Å². The lowest BCUT2D eigenvalue weighted by molar-refractivity contribution is 0.312. The number of hydrogen-bond donors (Lipinski definition) is 1. The molecule has 0 heterocycles. The SMILES string of the molecule is CCCNCCOc1cc(C)ccc1C. The molecule has 2 nitrogen and oxygen atoms in total. The van der Waals surface area contributed by atoms with Gasteiger partial charge in [-0.1, -0.05) is 19.1 Å². The van der Waals surface area contributed by atoms with Gasteiger partial charge in [0.05, 0.1) is 0 Å². The van der Waals surface area contributed by atoms with Crippen LogP contribution in [0, 0.1) is 13.8 Å². The van der Waals surface area contributed by atoms with Crippen molar-refractivity contribution in [2.45, 2.75) is 27.2 Å². The molecule has 2 heteroatoms. The lowest BCUT2D eigenvalue weighted by Gasteiger charge is -2.10. The average molecular weight is 207 g/mol. The van der Waals surface area contributed by atoms with E-state index in [-0.39, 0.29) is 0 Å². The van der Waals surface area contributed by atoms with Gasteiger partial charge in [-0.25, -0.2) is 0 Å². The standard InChI is InChI=1S/C13H21NO/c1-4-7-14-8-9-15-13-10-11(2)5-6-12(13)3/h5-6,10,14H,4,7-9H2,1-3H3. The van der Waals surface area contributed by atoms with Crippen molar-refractivity contribution in [3.05, 3.63) is 29.3 Å². The molecule has 1 rings (SSSR count). The van der Waals surface area contributed by atoms with Gasteiger partial charge in [0.15, 0.2) is 0 Å². The third kappa shape index (κ3) is 4.34. The maximum Gasteiger partial charge on any atom is 0.122 e. The molecular formula is C13H21NO. The third-order valence-corrected chi connectivity index (χ3v) is 2.31. The number of benzene rings is 1. The fourth-order valence-electron chi connectivity index (χ4n) is 1.40. The number of ether oxygens (including phenoxy) is 1. The molecule has 1 aromatic rings. The summed E-state index contributed by atoms with van der Waals surface area (Å²) in [7, 11) is 0. The van der Waals surface area contributed by atoms with E-state index < -0.39 is 0 Å². The van der Waals surface area contributed by atoms with E-state index in [1.54, 1.807) is 0 Å². The van der Waals surface area contributed by atoms with E-state index >= 15 is 0 Å². The van der Waals surface area contributed by atoms with Crippen molar-refractivity contribution in [3.63, 3.8) is 0 Å². The minimum atomic E-state index is 0.740. The molecule has 15 heavy (non-hydrogen) atoms. The van der Waals surface area contributed by atoms with Crippen molar-refractivity contribution < 1.29 is 4.74 Å². The maximum atomic E-state index is 5.70. The highest BCUT2D eigenvalue weighted by atomic mass is 16.5. The molecule has 0 aromatic heterocycles. The molecule has 1 aromatic carbocycles. The van der Waals surface area contributed by atoms with E-state index in [0.29, 0.717) is 0 Å². The van der Waals surface area contributed by atoms with Crippen LogP contribution in [0.3, 0.4) is 0 Å². The highest BCUT2D eigenvalue weighted by molar-refractivity contribution is 5.35. The predicted molar refractivity (Wildman–Crippen MR) is 64.6 cm³/mol. The van der Waals surface area contributed by atoms with Gasteiger partial charge in [0.2, 0.25) is 0 Å². The van der Waals surface area contributed by atoms with Crippen molar-refractivity contribution in [3.8, 4) is 5.75 Å². The average Bonchev–Trinajstić information content (AvgIpc) is 2.23. The van der Waals surface area contributed by atoms with Crippen molar-refractivity contribution in [2.24, 2.45) is 0 Å². The molecule has 84 valence electrons. The predicted octanol–water partition coefficient (Wildman–Crippen LogP) is 2.68. The molecule has 1 N–H and O–H groups in total. The summed E-state index contributed by atoms with van der Waals surface area (Å²) < 4.78 is 5.70. The summed E-state index contributed by atoms with van der Waals surface area (Å²) in [6, 6.07) is 6.30. The summed E-state index contributed by atoms with van der Waals surface area (Å²) in [5.74, 6) is 1.01. The molecule has 0 unspecified atom stereocenters. The number of nitrogens with one attached hydrogen (secondary N) is 1. The van der Waals surface area contributed by atoms with Gasteiger partial charge in [-0.3, -0.25) is 0 Å². The van der Waals surface area contributed by atoms with Gasteiger partial charge in [-0.15, -0.1) is 0 Å². The first-order valence-electron chi connectivity index (χ1n) is 5.65. The minimum Gasteiger partial charge on any atom is -0.492 e. The maximum absolute atomic E-state index is 5.70. The van der Waals surface area contributed by atoms with Gasteiger partial charge >= 0.3 is 0 Å². The zero-order valence-corrected chi connectivity index (χ0v) is 9.97. The molecule has 0 aliphatic rings. The molecule has 0 saturated carbocycles. The summed E-state index contributed by atoms with van der Waals surface area (Å²) in [5.41, 5.74) is 2.45. The summed E-state index contributed by atoms with van der Waals surface area (Å²) in [6.07, 6.45) is 1.17. The molecule has 0 atom stereocenters. The van der Waals surface area contributed by atoms with E-state index in [2.05, 4.69) is 44.3 Å². The normalized spacial score (nSPS) is 10.3. The Morgan fingerprint density at radius 2 is 2.00 bits per heavy atom. The Bertz CT molecular complexity index is 297. The van der Waals surface area contributed by atoms with Crippen molar-refractivity contribution in [1.29, 1.82) is 0 Å². The van der Waals surface area contributed by atoms with Crippen molar-refractivity contribution >= 4 is 0 Å². The zero-order valence-electron chi connectivity index (χ0n) is 9.97. The first-order chi connectivity index (χ1) is 7.24. The Hall–Kier alpha value is -1.02. The second-order valence-corrected chi connectivity index (χ2v) is 3.87. The molecule has 0 aliphatic carbocycles. The van der Waals surface area contributed by atoms with Crippen molar-refractivity contribution in [2.75, 3.05) is 19.7 Å². The first-order valence-corrected chi connectivity index (χ1v) is 5.65. The number of aryl methyl sites for hydroxylation is 2. The molecule has 0 radical (unpaired) electrons. The van der Waals surface area contributed by atoms with Crippen LogP contribution in [0.15, 0.2) is 18.2 Å². The summed E-state index contributed by atoms with van der Waals surface area (Å²) in [5, 5.41) is 3.31. The second kappa shape index (κ2) is 6.46. The smallest absolute Gasteiger partial charge is 0.122 e. The van der Waals surface area contributed by atoms with Crippen LogP contribution >= 0.6 is 0 Å². The van der Waals surface area contributed by atoms with Gasteiger partial charge in [-0.2, -0.15) is 0 Å². The van der Waals surface area contributed by atoms with Crippen LogP contribution in [-0.2, 0) is 0 Å². The first kappa shape index (κ1) is 12.1. The summed E-state index contributed by atoms with van der Waals surface area (Å²) in [6.45, 7) is 9.05. The van der Waals surface area contributed by atoms with Crippen LogP contribution in [0.2, 0.25) is 0 Å². The Kier molecular flexibility index (Phi) is 5.19. The monoisotopic (exact) mass is 207 g/mol. The van der Waals surface area contributed by atoms with Gasteiger partial charge in [0.1, 0.15) is 12.4 Å². The Morgan fingerprint density at radius 1 is 1.20 bits per heavy atom. The number of rotatable bonds is 6. The third-order valence-electron chi connectivity index (χ3n) is 2.31. The topological polar surface area (TPSA) is 21.3 Å². The largest absolute Gasteiger partial charge is 0.492 e. The lowest BCUT2D eigenvalue weighted by atomic mass is 10.1. The van der Waals surface area contributed by atoms with E-state index in [4.69, 9.17) is 4.74 Å².